The Labute approximate surface area is 167 Å². The van der Waals surface area contributed by atoms with E-state index in [0.29, 0.717) is 23.1 Å². The predicted octanol–water partition coefficient (Wildman–Crippen LogP) is 6.18. The number of hydrogen-bond donors (Lipinski definition) is 0. The van der Waals surface area contributed by atoms with E-state index < -0.39 is 5.63 Å². The maximum absolute atomic E-state index is 12.0. The molecule has 28 heavy (non-hydrogen) atoms. The minimum absolute atomic E-state index is 0.241. The van der Waals surface area contributed by atoms with Gasteiger partial charge in [0.15, 0.2) is 6.39 Å². The maximum atomic E-state index is 12.0. The molecular formula is C23H33NO4. The van der Waals surface area contributed by atoms with Crippen LogP contribution in [0.15, 0.2) is 33.8 Å². The molecule has 1 aromatic heterocycles. The van der Waals surface area contributed by atoms with Crippen LogP contribution >= 0.6 is 0 Å². The summed E-state index contributed by atoms with van der Waals surface area (Å²) < 4.78 is 10.1. The summed E-state index contributed by atoms with van der Waals surface area (Å²) >= 11 is 0. The minimum atomic E-state index is -0.445. The van der Waals surface area contributed by atoms with Gasteiger partial charge in [-0.3, -0.25) is 4.79 Å². The number of benzene rings is 1. The fourth-order valence-corrected chi connectivity index (χ4v) is 3.34. The highest BCUT2D eigenvalue weighted by Crippen LogP contribution is 2.18. The number of esters is 1. The van der Waals surface area contributed by atoms with Gasteiger partial charge in [-0.25, -0.2) is 9.78 Å². The van der Waals surface area contributed by atoms with Crippen LogP contribution in [0.2, 0.25) is 0 Å². The van der Waals surface area contributed by atoms with Crippen LogP contribution in [0.1, 0.15) is 90.4 Å². The molecule has 0 aliphatic heterocycles. The number of carbonyl (C=O) groups excluding carboxylic acids is 1. The lowest BCUT2D eigenvalue weighted by Crippen LogP contribution is -2.08. The second-order valence-corrected chi connectivity index (χ2v) is 7.43. The molecule has 0 fully saturated rings. The Morgan fingerprint density at radius 3 is 2.18 bits per heavy atom. The fourth-order valence-electron chi connectivity index (χ4n) is 3.34. The second kappa shape index (κ2) is 13.1. The van der Waals surface area contributed by atoms with Crippen LogP contribution in [0, 0.1) is 0 Å². The third-order valence-corrected chi connectivity index (χ3v) is 5.01. The molecule has 2 rings (SSSR count). The van der Waals surface area contributed by atoms with Gasteiger partial charge in [-0.2, -0.15) is 0 Å². The molecule has 0 atom stereocenters. The smallest absolute Gasteiger partial charge is 0.346 e. The summed E-state index contributed by atoms with van der Waals surface area (Å²) in [5, 5.41) is 0.378. The van der Waals surface area contributed by atoms with E-state index in [-0.39, 0.29) is 5.97 Å². The zero-order valence-corrected chi connectivity index (χ0v) is 17.1. The van der Waals surface area contributed by atoms with Crippen molar-refractivity contribution in [1.82, 2.24) is 4.98 Å². The maximum Gasteiger partial charge on any atom is 0.346 e. The minimum Gasteiger partial charge on any atom is -0.426 e. The number of fused-ring (bicyclic) bond motifs is 1. The van der Waals surface area contributed by atoms with E-state index >= 15 is 0 Å². The van der Waals surface area contributed by atoms with Gasteiger partial charge in [0.05, 0.1) is 10.9 Å². The summed E-state index contributed by atoms with van der Waals surface area (Å²) in [7, 11) is 0. The highest BCUT2D eigenvalue weighted by molar-refractivity contribution is 5.80. The average molecular weight is 388 g/mol. The average Bonchev–Trinajstić information content (AvgIpc) is 2.69. The highest BCUT2D eigenvalue weighted by Gasteiger charge is 2.07. The first kappa shape index (κ1) is 22.1. The van der Waals surface area contributed by atoms with E-state index in [4.69, 9.17) is 9.15 Å². The summed E-state index contributed by atoms with van der Waals surface area (Å²) in [5.74, 6) is 0.170. The molecule has 0 spiro atoms. The van der Waals surface area contributed by atoms with Crippen molar-refractivity contribution in [2.24, 2.45) is 0 Å². The van der Waals surface area contributed by atoms with E-state index in [1.54, 1.807) is 18.2 Å². The topological polar surface area (TPSA) is 69.4 Å². The van der Waals surface area contributed by atoms with E-state index in [0.717, 1.165) is 19.2 Å². The van der Waals surface area contributed by atoms with Gasteiger partial charge in [-0.1, -0.05) is 77.6 Å². The van der Waals surface area contributed by atoms with Crippen molar-refractivity contribution in [2.45, 2.75) is 90.4 Å². The molecule has 0 bridgehead atoms. The normalized spacial score (nSPS) is 11.0. The van der Waals surface area contributed by atoms with Gasteiger partial charge in [-0.15, -0.1) is 0 Å². The number of hydrogen-bond acceptors (Lipinski definition) is 5. The van der Waals surface area contributed by atoms with Gasteiger partial charge < -0.3 is 9.15 Å². The molecule has 0 N–H and O–H groups in total. The van der Waals surface area contributed by atoms with Crippen LogP contribution in [-0.4, -0.2) is 11.0 Å². The highest BCUT2D eigenvalue weighted by atomic mass is 16.5. The third kappa shape index (κ3) is 8.24. The Morgan fingerprint density at radius 2 is 1.54 bits per heavy atom. The zero-order chi connectivity index (χ0) is 20.0. The van der Waals surface area contributed by atoms with Crippen molar-refractivity contribution >= 4 is 16.9 Å². The van der Waals surface area contributed by atoms with Crippen LogP contribution < -0.4 is 10.4 Å². The van der Waals surface area contributed by atoms with Crippen molar-refractivity contribution in [1.29, 1.82) is 0 Å². The van der Waals surface area contributed by atoms with E-state index in [1.165, 1.54) is 64.2 Å². The van der Waals surface area contributed by atoms with Crippen LogP contribution in [-0.2, 0) is 4.79 Å². The van der Waals surface area contributed by atoms with Crippen molar-refractivity contribution in [3.8, 4) is 5.75 Å². The molecule has 0 aliphatic carbocycles. The molecule has 1 aromatic carbocycles. The lowest BCUT2D eigenvalue weighted by Gasteiger charge is -2.05. The van der Waals surface area contributed by atoms with Gasteiger partial charge in [0.2, 0.25) is 0 Å². The lowest BCUT2D eigenvalue weighted by molar-refractivity contribution is -0.134. The van der Waals surface area contributed by atoms with Gasteiger partial charge in [0.1, 0.15) is 5.75 Å². The van der Waals surface area contributed by atoms with Crippen molar-refractivity contribution in [3.63, 3.8) is 0 Å². The standard InChI is InChI=1S/C23H33NO4/c1-2-3-4-5-6-7-8-9-10-11-12-13-14-22(25)28-19-15-16-20-21(17-19)24-18-27-23(20)26/h15-18H,2-14H2,1H3. The first-order chi connectivity index (χ1) is 13.7. The van der Waals surface area contributed by atoms with Crippen LogP contribution in [0.4, 0.5) is 0 Å². The van der Waals surface area contributed by atoms with Crippen LogP contribution in [0.5, 0.6) is 5.75 Å². The monoisotopic (exact) mass is 387 g/mol. The summed E-state index contributed by atoms with van der Waals surface area (Å²) in [5.41, 5.74) is 0.0197. The Kier molecular flexibility index (Phi) is 10.3. The SMILES string of the molecule is CCCCCCCCCCCCCCC(=O)Oc1ccc2c(=O)ocnc2c1. The summed E-state index contributed by atoms with van der Waals surface area (Å²) in [4.78, 5) is 27.5. The fraction of sp³-hybridized carbons (Fsp3) is 0.609. The van der Waals surface area contributed by atoms with Gasteiger partial charge in [0, 0.05) is 12.5 Å². The number of nitrogens with zero attached hydrogens (tertiary/aromatic N) is 1. The largest absolute Gasteiger partial charge is 0.426 e. The molecule has 0 aliphatic rings. The van der Waals surface area contributed by atoms with Crippen LogP contribution in [0.25, 0.3) is 10.9 Å². The number of aromatic nitrogens is 1. The molecular weight excluding hydrogens is 354 g/mol. The molecule has 154 valence electrons. The third-order valence-electron chi connectivity index (χ3n) is 5.01. The molecule has 0 radical (unpaired) electrons. The first-order valence-electron chi connectivity index (χ1n) is 10.8. The number of unbranched alkanes of at least 4 members (excludes halogenated alkanes) is 11. The molecule has 0 saturated heterocycles. The van der Waals surface area contributed by atoms with Crippen molar-refractivity contribution < 1.29 is 13.9 Å². The number of rotatable bonds is 14. The Hall–Kier alpha value is -2.17. The molecule has 1 heterocycles. The summed E-state index contributed by atoms with van der Waals surface area (Å²) in [6.07, 6.45) is 16.7. The van der Waals surface area contributed by atoms with E-state index in [2.05, 4.69) is 11.9 Å². The Balaban J connectivity index is 1.52. The Morgan fingerprint density at radius 1 is 0.929 bits per heavy atom. The molecule has 5 nitrogen and oxygen atoms in total. The van der Waals surface area contributed by atoms with E-state index in [9.17, 15) is 9.59 Å². The molecule has 0 unspecified atom stereocenters. The van der Waals surface area contributed by atoms with Crippen molar-refractivity contribution in [2.75, 3.05) is 0 Å². The second-order valence-electron chi connectivity index (χ2n) is 7.43. The van der Waals surface area contributed by atoms with Gasteiger partial charge >= 0.3 is 11.6 Å². The molecule has 2 aromatic rings. The molecule has 0 amide bonds. The van der Waals surface area contributed by atoms with Crippen LogP contribution in [0.3, 0.4) is 0 Å². The number of carbonyl (C=O) groups is 1. The summed E-state index contributed by atoms with van der Waals surface area (Å²) in [6, 6.07) is 4.76. The predicted molar refractivity (Wildman–Crippen MR) is 112 cm³/mol. The lowest BCUT2D eigenvalue weighted by atomic mass is 10.0. The Bertz CT molecular complexity index is 769. The summed E-state index contributed by atoms with van der Waals surface area (Å²) in [6.45, 7) is 2.25. The van der Waals surface area contributed by atoms with Gasteiger partial charge in [-0.05, 0) is 18.6 Å². The van der Waals surface area contributed by atoms with Gasteiger partial charge in [0.25, 0.3) is 0 Å². The quantitative estimate of drug-likeness (QED) is 0.220. The zero-order valence-electron chi connectivity index (χ0n) is 17.1. The van der Waals surface area contributed by atoms with Crippen molar-refractivity contribution in [3.05, 3.63) is 35.0 Å². The number of ether oxygens (including phenoxy) is 1. The first-order valence-corrected chi connectivity index (χ1v) is 10.8. The molecule has 5 heteroatoms. The molecule has 0 saturated carbocycles. The van der Waals surface area contributed by atoms with E-state index in [1.807, 2.05) is 0 Å².